The molecule has 0 atom stereocenters. The molecule has 0 aliphatic carbocycles. The van der Waals surface area contributed by atoms with E-state index < -0.39 is 0 Å². The van der Waals surface area contributed by atoms with E-state index in [1.807, 2.05) is 39.8 Å². The maximum Gasteiger partial charge on any atom is 0.340 e. The van der Waals surface area contributed by atoms with Gasteiger partial charge < -0.3 is 9.72 Å². The van der Waals surface area contributed by atoms with Crippen molar-refractivity contribution < 1.29 is 9.53 Å². The van der Waals surface area contributed by atoms with Crippen LogP contribution in [0, 0.1) is 27.7 Å². The highest BCUT2D eigenvalue weighted by molar-refractivity contribution is 5.96. The van der Waals surface area contributed by atoms with Crippen LogP contribution >= 0.6 is 0 Å². The van der Waals surface area contributed by atoms with E-state index in [-0.39, 0.29) is 5.97 Å². The molecule has 1 heterocycles. The van der Waals surface area contributed by atoms with Gasteiger partial charge in [0.1, 0.15) is 0 Å². The summed E-state index contributed by atoms with van der Waals surface area (Å²) in [6.45, 7) is 9.99. The Morgan fingerprint density at radius 1 is 1.22 bits per heavy atom. The number of nitrogens with one attached hydrogen (secondary N) is 2. The third-order valence-corrected chi connectivity index (χ3v) is 3.56. The number of nitrogens with zero attached hydrogens (tertiary/aromatic N) is 1. The van der Waals surface area contributed by atoms with Gasteiger partial charge in [-0.25, -0.2) is 4.79 Å². The Morgan fingerprint density at radius 3 is 2.48 bits per heavy atom. The molecule has 2 aromatic rings. The molecule has 0 saturated carbocycles. The summed E-state index contributed by atoms with van der Waals surface area (Å²) in [5.41, 5.74) is 9.32. The maximum absolute atomic E-state index is 12.0. The maximum atomic E-state index is 12.0. The zero-order valence-electron chi connectivity index (χ0n) is 14.3. The first-order chi connectivity index (χ1) is 10.9. The minimum absolute atomic E-state index is 0.305. The highest BCUT2D eigenvalue weighted by Crippen LogP contribution is 2.18. The number of aromatic amines is 1. The number of aromatic nitrogens is 1. The van der Waals surface area contributed by atoms with Crippen LogP contribution < -0.4 is 5.43 Å². The topological polar surface area (TPSA) is 66.5 Å². The predicted molar refractivity (Wildman–Crippen MR) is 93.4 cm³/mol. The molecule has 1 aromatic heterocycles. The number of carbonyl (C=O) groups is 1. The first kappa shape index (κ1) is 16.8. The fourth-order valence-corrected chi connectivity index (χ4v) is 2.62. The zero-order chi connectivity index (χ0) is 17.0. The summed E-state index contributed by atoms with van der Waals surface area (Å²) < 4.78 is 5.08. The van der Waals surface area contributed by atoms with Gasteiger partial charge in [-0.3, -0.25) is 5.43 Å². The fraction of sp³-hybridized carbons (Fsp3) is 0.333. The number of rotatable bonds is 5. The van der Waals surface area contributed by atoms with Crippen molar-refractivity contribution in [2.45, 2.75) is 34.6 Å². The fourth-order valence-electron chi connectivity index (χ4n) is 2.62. The monoisotopic (exact) mass is 313 g/mol. The van der Waals surface area contributed by atoms with Gasteiger partial charge in [-0.1, -0.05) is 6.07 Å². The number of benzene rings is 1. The number of hydrogen-bond donors (Lipinski definition) is 2. The molecular formula is C18H23N3O2. The van der Waals surface area contributed by atoms with Crippen molar-refractivity contribution in [3.8, 4) is 0 Å². The molecule has 2 N–H and O–H groups in total. The van der Waals surface area contributed by atoms with Gasteiger partial charge in [-0.2, -0.15) is 5.10 Å². The molecule has 122 valence electrons. The van der Waals surface area contributed by atoms with Crippen LogP contribution in [0.3, 0.4) is 0 Å². The molecule has 0 saturated heterocycles. The first-order valence-electron chi connectivity index (χ1n) is 7.66. The van der Waals surface area contributed by atoms with Gasteiger partial charge in [0.05, 0.1) is 29.8 Å². The molecule has 0 spiro atoms. The van der Waals surface area contributed by atoms with Gasteiger partial charge in [0, 0.05) is 5.69 Å². The summed E-state index contributed by atoms with van der Waals surface area (Å²) >= 11 is 0. The molecule has 0 fully saturated rings. The molecule has 5 nitrogen and oxygen atoms in total. The van der Waals surface area contributed by atoms with E-state index in [0.717, 1.165) is 22.6 Å². The number of hydrazone groups is 1. The van der Waals surface area contributed by atoms with Crippen LogP contribution in [-0.2, 0) is 4.74 Å². The second-order valence-electron chi connectivity index (χ2n) is 5.63. The number of esters is 1. The van der Waals surface area contributed by atoms with E-state index in [1.54, 1.807) is 13.1 Å². The number of carbonyl (C=O) groups excluding carboxylic acids is 1. The highest BCUT2D eigenvalue weighted by atomic mass is 16.5. The number of anilines is 1. The lowest BCUT2D eigenvalue weighted by molar-refractivity contribution is 0.0525. The minimum Gasteiger partial charge on any atom is -0.462 e. The van der Waals surface area contributed by atoms with Crippen molar-refractivity contribution in [1.82, 2.24) is 4.98 Å². The molecule has 0 radical (unpaired) electrons. The average molecular weight is 313 g/mol. The van der Waals surface area contributed by atoms with Crippen molar-refractivity contribution in [3.05, 3.63) is 51.8 Å². The quantitative estimate of drug-likeness (QED) is 0.500. The molecule has 23 heavy (non-hydrogen) atoms. The van der Waals surface area contributed by atoms with Crippen molar-refractivity contribution >= 4 is 17.9 Å². The molecule has 0 unspecified atom stereocenters. The summed E-state index contributed by atoms with van der Waals surface area (Å²) in [5, 5.41) is 4.26. The average Bonchev–Trinajstić information content (AvgIpc) is 2.73. The summed E-state index contributed by atoms with van der Waals surface area (Å²) in [6, 6.07) is 6.17. The van der Waals surface area contributed by atoms with Crippen molar-refractivity contribution in [3.63, 3.8) is 0 Å². The molecule has 5 heteroatoms. The minimum atomic E-state index is -0.305. The van der Waals surface area contributed by atoms with E-state index in [2.05, 4.69) is 21.6 Å². The molecule has 0 aliphatic heterocycles. The third kappa shape index (κ3) is 4.00. The van der Waals surface area contributed by atoms with E-state index >= 15 is 0 Å². The second-order valence-corrected chi connectivity index (χ2v) is 5.63. The Morgan fingerprint density at radius 2 is 1.87 bits per heavy atom. The first-order valence-corrected chi connectivity index (χ1v) is 7.66. The van der Waals surface area contributed by atoms with E-state index in [4.69, 9.17) is 4.74 Å². The van der Waals surface area contributed by atoms with Crippen LogP contribution in [0.15, 0.2) is 23.3 Å². The molecule has 1 aromatic carbocycles. The second kappa shape index (κ2) is 7.13. The highest BCUT2D eigenvalue weighted by Gasteiger charge is 2.18. The molecule has 2 rings (SSSR count). The van der Waals surface area contributed by atoms with Crippen LogP contribution in [0.25, 0.3) is 0 Å². The standard InChI is InChI=1S/C18H23N3O2/c1-6-23-18(22)17-13(4)16(20-14(17)5)10-19-21-15-8-11(2)7-12(3)9-15/h7-10,20-21H,6H2,1-5H3/b19-10+. The Balaban J connectivity index is 2.17. The number of ether oxygens (including phenoxy) is 1. The Labute approximate surface area is 136 Å². The lowest BCUT2D eigenvalue weighted by atomic mass is 10.1. The lowest BCUT2D eigenvalue weighted by Crippen LogP contribution is -2.06. The van der Waals surface area contributed by atoms with Crippen LogP contribution in [0.2, 0.25) is 0 Å². The summed E-state index contributed by atoms with van der Waals surface area (Å²) in [6.07, 6.45) is 1.68. The Bertz CT molecular complexity index is 725. The van der Waals surface area contributed by atoms with Crippen LogP contribution in [0.5, 0.6) is 0 Å². The largest absolute Gasteiger partial charge is 0.462 e. The van der Waals surface area contributed by atoms with Crippen molar-refractivity contribution in [2.75, 3.05) is 12.0 Å². The molecular weight excluding hydrogens is 290 g/mol. The van der Waals surface area contributed by atoms with E-state index in [1.165, 1.54) is 11.1 Å². The predicted octanol–water partition coefficient (Wildman–Crippen LogP) is 3.87. The third-order valence-electron chi connectivity index (χ3n) is 3.56. The SMILES string of the molecule is CCOC(=O)c1c(C)[nH]c(/C=N/Nc2cc(C)cc(C)c2)c1C. The van der Waals surface area contributed by atoms with Crippen molar-refractivity contribution in [1.29, 1.82) is 0 Å². The molecule has 0 aliphatic rings. The normalized spacial score (nSPS) is 11.0. The van der Waals surface area contributed by atoms with Crippen LogP contribution in [-0.4, -0.2) is 23.8 Å². The van der Waals surface area contributed by atoms with Gasteiger partial charge in [0.25, 0.3) is 0 Å². The number of hydrogen-bond acceptors (Lipinski definition) is 4. The van der Waals surface area contributed by atoms with E-state index in [9.17, 15) is 4.79 Å². The molecule has 0 amide bonds. The summed E-state index contributed by atoms with van der Waals surface area (Å²) in [5.74, 6) is -0.305. The number of aryl methyl sites for hydroxylation is 3. The van der Waals surface area contributed by atoms with Gasteiger partial charge in [0.2, 0.25) is 0 Å². The summed E-state index contributed by atoms with van der Waals surface area (Å²) in [4.78, 5) is 15.1. The van der Waals surface area contributed by atoms with Gasteiger partial charge in [0.15, 0.2) is 0 Å². The number of H-pyrrole nitrogens is 1. The van der Waals surface area contributed by atoms with E-state index in [0.29, 0.717) is 12.2 Å². The van der Waals surface area contributed by atoms with Gasteiger partial charge >= 0.3 is 5.97 Å². The lowest BCUT2D eigenvalue weighted by Gasteiger charge is -2.03. The van der Waals surface area contributed by atoms with Gasteiger partial charge in [-0.15, -0.1) is 0 Å². The zero-order valence-corrected chi connectivity index (χ0v) is 14.3. The Hall–Kier alpha value is -2.56. The van der Waals surface area contributed by atoms with Crippen LogP contribution in [0.1, 0.15) is 45.4 Å². The molecule has 0 bridgehead atoms. The smallest absolute Gasteiger partial charge is 0.340 e. The van der Waals surface area contributed by atoms with Gasteiger partial charge in [-0.05, 0) is 63.4 Å². The van der Waals surface area contributed by atoms with Crippen molar-refractivity contribution in [2.24, 2.45) is 5.10 Å². The Kier molecular flexibility index (Phi) is 5.21. The van der Waals surface area contributed by atoms with Crippen LogP contribution in [0.4, 0.5) is 5.69 Å². The summed E-state index contributed by atoms with van der Waals surface area (Å²) in [7, 11) is 0.